The summed E-state index contributed by atoms with van der Waals surface area (Å²) in [4.78, 5) is 14.4. The Balaban J connectivity index is 2.02. The van der Waals surface area contributed by atoms with Crippen molar-refractivity contribution in [2.45, 2.75) is 6.54 Å². The second-order valence-corrected chi connectivity index (χ2v) is 5.84. The van der Waals surface area contributed by atoms with E-state index in [2.05, 4.69) is 28.1 Å². The van der Waals surface area contributed by atoms with Crippen LogP contribution in [0.15, 0.2) is 53.0 Å². The van der Waals surface area contributed by atoms with E-state index >= 15 is 0 Å². The molecule has 0 atom stereocenters. The molecule has 0 radical (unpaired) electrons. The van der Waals surface area contributed by atoms with Crippen molar-refractivity contribution in [3.63, 3.8) is 0 Å². The lowest BCUT2D eigenvalue weighted by Gasteiger charge is -2.17. The van der Waals surface area contributed by atoms with Crippen LogP contribution in [0.1, 0.15) is 15.9 Å². The highest BCUT2D eigenvalue weighted by atomic mass is 79.9. The van der Waals surface area contributed by atoms with Crippen LogP contribution in [0.25, 0.3) is 0 Å². The van der Waals surface area contributed by atoms with Gasteiger partial charge in [0.1, 0.15) is 5.75 Å². The van der Waals surface area contributed by atoms with Gasteiger partial charge in [0.2, 0.25) is 0 Å². The van der Waals surface area contributed by atoms with Gasteiger partial charge in [0.25, 0.3) is 0 Å². The molecule has 21 heavy (non-hydrogen) atoms. The number of halogens is 1. The summed E-state index contributed by atoms with van der Waals surface area (Å²) in [5, 5.41) is 0. The topological polar surface area (TPSA) is 29.5 Å². The molecule has 0 bridgehead atoms. The largest absolute Gasteiger partial charge is 0.496 e. The van der Waals surface area contributed by atoms with Crippen molar-refractivity contribution >= 4 is 21.7 Å². The lowest BCUT2D eigenvalue weighted by Crippen LogP contribution is -2.25. The molecule has 4 heteroatoms. The molecule has 0 aliphatic rings. The SMILES string of the molecule is COc1ccccc1C(=O)CN(C)Cc1cccc(Br)c1. The van der Waals surface area contributed by atoms with Gasteiger partial charge in [-0.3, -0.25) is 9.69 Å². The predicted octanol–water partition coefficient (Wildman–Crippen LogP) is 3.77. The maximum absolute atomic E-state index is 12.4. The fourth-order valence-corrected chi connectivity index (χ4v) is 2.65. The fraction of sp³-hybridized carbons (Fsp3) is 0.235. The smallest absolute Gasteiger partial charge is 0.180 e. The molecule has 0 aliphatic carbocycles. The number of likely N-dealkylation sites (N-methyl/N-ethyl adjacent to an activating group) is 1. The number of carbonyl (C=O) groups is 1. The van der Waals surface area contributed by atoms with E-state index in [4.69, 9.17) is 4.74 Å². The second-order valence-electron chi connectivity index (χ2n) is 4.93. The second kappa shape index (κ2) is 7.38. The van der Waals surface area contributed by atoms with Crippen molar-refractivity contribution in [3.05, 3.63) is 64.1 Å². The fourth-order valence-electron chi connectivity index (χ4n) is 2.21. The van der Waals surface area contributed by atoms with Crippen LogP contribution in [0.4, 0.5) is 0 Å². The van der Waals surface area contributed by atoms with Gasteiger partial charge in [-0.2, -0.15) is 0 Å². The number of rotatable bonds is 6. The zero-order valence-electron chi connectivity index (χ0n) is 12.2. The monoisotopic (exact) mass is 347 g/mol. The Kier molecular flexibility index (Phi) is 5.53. The third-order valence-corrected chi connectivity index (χ3v) is 3.66. The molecule has 0 fully saturated rings. The van der Waals surface area contributed by atoms with Crippen molar-refractivity contribution in [2.24, 2.45) is 0 Å². The summed E-state index contributed by atoms with van der Waals surface area (Å²) in [5.41, 5.74) is 1.79. The van der Waals surface area contributed by atoms with Crippen LogP contribution in [-0.4, -0.2) is 31.4 Å². The molecular formula is C17H18BrNO2. The van der Waals surface area contributed by atoms with Gasteiger partial charge in [-0.1, -0.05) is 40.2 Å². The first-order chi connectivity index (χ1) is 10.1. The zero-order chi connectivity index (χ0) is 15.2. The minimum Gasteiger partial charge on any atom is -0.496 e. The maximum atomic E-state index is 12.4. The molecule has 2 aromatic carbocycles. The summed E-state index contributed by atoms with van der Waals surface area (Å²) in [6, 6.07) is 15.4. The van der Waals surface area contributed by atoms with Gasteiger partial charge in [-0.15, -0.1) is 0 Å². The Morgan fingerprint density at radius 3 is 2.67 bits per heavy atom. The van der Waals surface area contributed by atoms with E-state index in [1.165, 1.54) is 5.56 Å². The van der Waals surface area contributed by atoms with Crippen molar-refractivity contribution in [2.75, 3.05) is 20.7 Å². The Morgan fingerprint density at radius 1 is 1.19 bits per heavy atom. The number of methoxy groups -OCH3 is 1. The van der Waals surface area contributed by atoms with Crippen LogP contribution < -0.4 is 4.74 Å². The Labute approximate surface area is 133 Å². The van der Waals surface area contributed by atoms with Gasteiger partial charge in [0.15, 0.2) is 5.78 Å². The molecule has 0 amide bonds. The Bertz CT molecular complexity index is 628. The number of hydrogen-bond donors (Lipinski definition) is 0. The van der Waals surface area contributed by atoms with Gasteiger partial charge < -0.3 is 4.74 Å². The number of para-hydroxylation sites is 1. The van der Waals surface area contributed by atoms with E-state index in [0.717, 1.165) is 11.0 Å². The molecule has 110 valence electrons. The summed E-state index contributed by atoms with van der Waals surface area (Å²) in [7, 11) is 3.52. The first kappa shape index (κ1) is 15.7. The van der Waals surface area contributed by atoms with Crippen LogP contribution in [0.2, 0.25) is 0 Å². The van der Waals surface area contributed by atoms with Crippen LogP contribution >= 0.6 is 15.9 Å². The lowest BCUT2D eigenvalue weighted by atomic mass is 10.1. The molecule has 0 unspecified atom stereocenters. The quantitative estimate of drug-likeness (QED) is 0.745. The molecule has 0 saturated carbocycles. The maximum Gasteiger partial charge on any atom is 0.180 e. The number of nitrogens with zero attached hydrogens (tertiary/aromatic N) is 1. The summed E-state index contributed by atoms with van der Waals surface area (Å²) in [6.07, 6.45) is 0. The van der Waals surface area contributed by atoms with E-state index in [1.54, 1.807) is 13.2 Å². The third-order valence-electron chi connectivity index (χ3n) is 3.16. The Hall–Kier alpha value is -1.65. The van der Waals surface area contributed by atoms with Gasteiger partial charge in [-0.05, 0) is 36.9 Å². The van der Waals surface area contributed by atoms with Crippen LogP contribution in [-0.2, 0) is 6.54 Å². The molecule has 2 aromatic rings. The highest BCUT2D eigenvalue weighted by Crippen LogP contribution is 2.18. The number of benzene rings is 2. The van der Waals surface area contributed by atoms with E-state index in [1.807, 2.05) is 42.3 Å². The average molecular weight is 348 g/mol. The van der Waals surface area contributed by atoms with E-state index in [9.17, 15) is 4.79 Å². The normalized spacial score (nSPS) is 10.7. The number of carbonyl (C=O) groups excluding carboxylic acids is 1. The first-order valence-electron chi connectivity index (χ1n) is 6.69. The van der Waals surface area contributed by atoms with Crippen LogP contribution in [0.5, 0.6) is 5.75 Å². The van der Waals surface area contributed by atoms with Gasteiger partial charge in [-0.25, -0.2) is 0 Å². The zero-order valence-corrected chi connectivity index (χ0v) is 13.8. The predicted molar refractivity (Wildman–Crippen MR) is 87.8 cm³/mol. The van der Waals surface area contributed by atoms with Crippen LogP contribution in [0, 0.1) is 0 Å². The number of ketones is 1. The molecule has 0 spiro atoms. The van der Waals surface area contributed by atoms with Crippen molar-refractivity contribution in [1.29, 1.82) is 0 Å². The van der Waals surface area contributed by atoms with Crippen molar-refractivity contribution < 1.29 is 9.53 Å². The summed E-state index contributed by atoms with van der Waals surface area (Å²) >= 11 is 3.46. The average Bonchev–Trinajstić information content (AvgIpc) is 2.47. The molecule has 0 N–H and O–H groups in total. The van der Waals surface area contributed by atoms with Gasteiger partial charge in [0, 0.05) is 11.0 Å². The molecular weight excluding hydrogens is 330 g/mol. The number of hydrogen-bond acceptors (Lipinski definition) is 3. The van der Waals surface area contributed by atoms with E-state index < -0.39 is 0 Å². The van der Waals surface area contributed by atoms with Gasteiger partial charge >= 0.3 is 0 Å². The summed E-state index contributed by atoms with van der Waals surface area (Å²) in [5.74, 6) is 0.684. The first-order valence-corrected chi connectivity index (χ1v) is 7.48. The van der Waals surface area contributed by atoms with Crippen molar-refractivity contribution in [1.82, 2.24) is 4.90 Å². The third kappa shape index (κ3) is 4.41. The molecule has 0 aliphatic heterocycles. The van der Waals surface area contributed by atoms with Gasteiger partial charge in [0.05, 0.1) is 19.2 Å². The Morgan fingerprint density at radius 2 is 1.95 bits per heavy atom. The summed E-state index contributed by atoms with van der Waals surface area (Å²) in [6.45, 7) is 1.08. The minimum absolute atomic E-state index is 0.0601. The van der Waals surface area contributed by atoms with E-state index in [0.29, 0.717) is 17.9 Å². The van der Waals surface area contributed by atoms with E-state index in [-0.39, 0.29) is 5.78 Å². The standard InChI is InChI=1S/C17H18BrNO2/c1-19(11-13-6-5-7-14(18)10-13)12-16(20)15-8-3-4-9-17(15)21-2/h3-10H,11-12H2,1-2H3. The highest BCUT2D eigenvalue weighted by molar-refractivity contribution is 9.10. The molecule has 3 nitrogen and oxygen atoms in total. The number of Topliss-reactive ketones (excluding diaryl/α,β-unsaturated/α-hetero) is 1. The molecule has 0 heterocycles. The lowest BCUT2D eigenvalue weighted by molar-refractivity contribution is 0.0940. The number of ether oxygens (including phenoxy) is 1. The van der Waals surface area contributed by atoms with Crippen LogP contribution in [0.3, 0.4) is 0 Å². The summed E-state index contributed by atoms with van der Waals surface area (Å²) < 4.78 is 6.28. The highest BCUT2D eigenvalue weighted by Gasteiger charge is 2.13. The minimum atomic E-state index is 0.0601. The van der Waals surface area contributed by atoms with Crippen molar-refractivity contribution in [3.8, 4) is 5.75 Å². The molecule has 0 aromatic heterocycles. The molecule has 0 saturated heterocycles. The molecule has 2 rings (SSSR count).